The lowest BCUT2D eigenvalue weighted by atomic mass is 10.1. The number of anilines is 1. The molecule has 1 aromatic rings. The molecule has 1 fully saturated rings. The zero-order valence-electron chi connectivity index (χ0n) is 13.6. The fraction of sp³-hybridized carbons (Fsp3) is 0.500. The van der Waals surface area contributed by atoms with Crippen molar-refractivity contribution in [3.63, 3.8) is 0 Å². The number of nitrogens with one attached hydrogen (secondary N) is 2. The Labute approximate surface area is 153 Å². The van der Waals surface area contributed by atoms with Gasteiger partial charge < -0.3 is 16.4 Å². The number of nitrogens with two attached hydrogens (primary N) is 1. The van der Waals surface area contributed by atoms with Gasteiger partial charge in [0.05, 0.1) is 4.92 Å². The second-order valence-corrected chi connectivity index (χ2v) is 5.58. The van der Waals surface area contributed by atoms with Crippen molar-refractivity contribution in [1.82, 2.24) is 15.5 Å². The van der Waals surface area contributed by atoms with Crippen molar-refractivity contribution in [2.75, 3.05) is 38.5 Å². The van der Waals surface area contributed by atoms with E-state index in [-0.39, 0.29) is 36.7 Å². The van der Waals surface area contributed by atoms with Crippen LogP contribution in [0, 0.1) is 10.1 Å². The van der Waals surface area contributed by atoms with E-state index in [9.17, 15) is 28.1 Å². The van der Waals surface area contributed by atoms with Gasteiger partial charge in [-0.25, -0.2) is 0 Å². The van der Waals surface area contributed by atoms with Crippen LogP contribution in [-0.2, 0) is 0 Å². The molecule has 0 aliphatic carbocycles. The summed E-state index contributed by atoms with van der Waals surface area (Å²) in [6, 6.07) is 1.52. The van der Waals surface area contributed by atoms with Crippen LogP contribution >= 0.6 is 12.4 Å². The number of carbonyl (C=O) groups is 1. The molecule has 0 bridgehead atoms. The van der Waals surface area contributed by atoms with E-state index < -0.39 is 35.3 Å². The van der Waals surface area contributed by atoms with Crippen LogP contribution in [0.15, 0.2) is 18.2 Å². The molecule has 4 N–H and O–H groups in total. The van der Waals surface area contributed by atoms with E-state index in [0.29, 0.717) is 13.1 Å². The van der Waals surface area contributed by atoms with Gasteiger partial charge >= 0.3 is 6.18 Å². The molecule has 1 unspecified atom stereocenters. The molecule has 26 heavy (non-hydrogen) atoms. The van der Waals surface area contributed by atoms with E-state index in [4.69, 9.17) is 5.73 Å². The Balaban J connectivity index is 0.00000338. The maximum Gasteiger partial charge on any atom is 0.405 e. The zero-order valence-corrected chi connectivity index (χ0v) is 14.4. The van der Waals surface area contributed by atoms with Crippen molar-refractivity contribution in [1.29, 1.82) is 0 Å². The Bertz CT molecular complexity index is 653. The summed E-state index contributed by atoms with van der Waals surface area (Å²) in [5, 5.41) is 16.0. The molecule has 146 valence electrons. The Morgan fingerprint density at radius 3 is 2.54 bits per heavy atom. The fourth-order valence-electron chi connectivity index (χ4n) is 2.58. The largest absolute Gasteiger partial charge is 0.405 e. The highest BCUT2D eigenvalue weighted by Gasteiger charge is 2.43. The Morgan fingerprint density at radius 2 is 2.00 bits per heavy atom. The highest BCUT2D eigenvalue weighted by molar-refractivity contribution is 5.95. The third kappa shape index (κ3) is 5.44. The van der Waals surface area contributed by atoms with E-state index >= 15 is 0 Å². The highest BCUT2D eigenvalue weighted by Crippen LogP contribution is 2.25. The van der Waals surface area contributed by atoms with Gasteiger partial charge in [-0.2, -0.15) is 13.2 Å². The van der Waals surface area contributed by atoms with E-state index in [0.717, 1.165) is 6.07 Å². The second kappa shape index (κ2) is 9.01. The van der Waals surface area contributed by atoms with Gasteiger partial charge in [0.25, 0.3) is 11.6 Å². The van der Waals surface area contributed by atoms with Gasteiger partial charge in [-0.05, 0) is 12.1 Å². The van der Waals surface area contributed by atoms with Crippen LogP contribution in [0.25, 0.3) is 0 Å². The first-order chi connectivity index (χ1) is 11.7. The van der Waals surface area contributed by atoms with Crippen LogP contribution < -0.4 is 16.4 Å². The number of rotatable bonds is 5. The van der Waals surface area contributed by atoms with Gasteiger partial charge in [-0.1, -0.05) is 0 Å². The summed E-state index contributed by atoms with van der Waals surface area (Å²) in [7, 11) is 0. The lowest BCUT2D eigenvalue weighted by Gasteiger charge is -2.35. The van der Waals surface area contributed by atoms with Crippen LogP contribution in [-0.4, -0.2) is 60.7 Å². The van der Waals surface area contributed by atoms with Gasteiger partial charge in [-0.3, -0.25) is 19.8 Å². The predicted molar refractivity (Wildman–Crippen MR) is 91.4 cm³/mol. The van der Waals surface area contributed by atoms with Gasteiger partial charge in [0.2, 0.25) is 0 Å². The number of hydrogen-bond acceptors (Lipinski definition) is 6. The summed E-state index contributed by atoms with van der Waals surface area (Å²) in [5.41, 5.74) is 4.71. The molecular weight excluding hydrogens is 379 g/mol. The fourth-order valence-corrected chi connectivity index (χ4v) is 2.58. The number of nitro groups is 1. The number of nitro benzene ring substituents is 1. The summed E-state index contributed by atoms with van der Waals surface area (Å²) >= 11 is 0. The van der Waals surface area contributed by atoms with Crippen molar-refractivity contribution in [2.24, 2.45) is 0 Å². The summed E-state index contributed by atoms with van der Waals surface area (Å²) in [4.78, 5) is 23.4. The molecule has 1 aromatic carbocycles. The normalized spacial score (nSPS) is 16.4. The topological polar surface area (TPSA) is 114 Å². The van der Waals surface area contributed by atoms with E-state index in [2.05, 4.69) is 10.6 Å². The van der Waals surface area contributed by atoms with Crippen molar-refractivity contribution in [3.8, 4) is 0 Å². The zero-order chi connectivity index (χ0) is 18.6. The van der Waals surface area contributed by atoms with E-state index in [1.54, 1.807) is 0 Å². The van der Waals surface area contributed by atoms with E-state index in [1.165, 1.54) is 17.0 Å². The first-order valence-electron chi connectivity index (χ1n) is 7.53. The van der Waals surface area contributed by atoms with Crippen molar-refractivity contribution < 1.29 is 22.9 Å². The molecular formula is C14H19ClF3N5O3. The number of halogens is 4. The number of nitrogens with zero attached hydrogens (tertiary/aromatic N) is 2. The average Bonchev–Trinajstić information content (AvgIpc) is 2.54. The van der Waals surface area contributed by atoms with Crippen LogP contribution in [0.3, 0.4) is 0 Å². The first-order valence-corrected chi connectivity index (χ1v) is 7.53. The highest BCUT2D eigenvalue weighted by atomic mass is 35.5. The summed E-state index contributed by atoms with van der Waals surface area (Å²) in [6.07, 6.45) is -4.50. The quantitative estimate of drug-likeness (QED) is 0.390. The van der Waals surface area contributed by atoms with Gasteiger partial charge in [0.1, 0.15) is 11.7 Å². The standard InChI is InChI=1S/C14H18F3N5O3.ClH/c15-14(16,17)12(21-5-3-19-4-6-21)8-20-13(23)9-1-2-10(18)11(7-9)22(24)25;/h1-2,7,12,19H,3-6,8,18H2,(H,20,23);1H. The van der Waals surface area contributed by atoms with Gasteiger partial charge in [0, 0.05) is 44.4 Å². The van der Waals surface area contributed by atoms with Crippen LogP contribution in [0.4, 0.5) is 24.5 Å². The first kappa shape index (κ1) is 21.9. The molecule has 0 aromatic heterocycles. The molecule has 2 rings (SSSR count). The van der Waals surface area contributed by atoms with Gasteiger partial charge in [-0.15, -0.1) is 12.4 Å². The summed E-state index contributed by atoms with van der Waals surface area (Å²) < 4.78 is 39.8. The molecule has 1 amide bonds. The van der Waals surface area contributed by atoms with Crippen molar-refractivity contribution >= 4 is 29.7 Å². The minimum atomic E-state index is -4.50. The summed E-state index contributed by atoms with van der Waals surface area (Å²) in [6.45, 7) is 0.663. The third-order valence-electron chi connectivity index (χ3n) is 3.92. The monoisotopic (exact) mass is 397 g/mol. The molecule has 0 saturated carbocycles. The number of alkyl halides is 3. The third-order valence-corrected chi connectivity index (χ3v) is 3.92. The molecule has 1 aliphatic rings. The molecule has 1 heterocycles. The lowest BCUT2D eigenvalue weighted by molar-refractivity contribution is -0.383. The lowest BCUT2D eigenvalue weighted by Crippen LogP contribution is -2.57. The molecule has 1 saturated heterocycles. The molecule has 8 nitrogen and oxygen atoms in total. The molecule has 1 aliphatic heterocycles. The predicted octanol–water partition coefficient (Wildman–Crippen LogP) is 1.16. The Hall–Kier alpha value is -2.11. The number of piperazine rings is 1. The molecule has 0 spiro atoms. The maximum absolute atomic E-state index is 13.3. The molecule has 12 heteroatoms. The van der Waals surface area contributed by atoms with Crippen LogP contribution in [0.1, 0.15) is 10.4 Å². The molecule has 1 atom stereocenters. The smallest absolute Gasteiger partial charge is 0.393 e. The minimum Gasteiger partial charge on any atom is -0.393 e. The average molecular weight is 398 g/mol. The van der Waals surface area contributed by atoms with E-state index in [1.807, 2.05) is 0 Å². The number of nitrogen functional groups attached to an aromatic ring is 1. The van der Waals surface area contributed by atoms with Crippen molar-refractivity contribution in [2.45, 2.75) is 12.2 Å². The molecule has 0 radical (unpaired) electrons. The SMILES string of the molecule is Cl.Nc1ccc(C(=O)NCC(N2CCNCC2)C(F)(F)F)cc1[N+](=O)[O-]. The van der Waals surface area contributed by atoms with Crippen LogP contribution in [0.2, 0.25) is 0 Å². The second-order valence-electron chi connectivity index (χ2n) is 5.58. The summed E-state index contributed by atoms with van der Waals surface area (Å²) in [5.74, 6) is -0.826. The number of amides is 1. The Kier molecular flexibility index (Phi) is 7.60. The van der Waals surface area contributed by atoms with Crippen molar-refractivity contribution in [3.05, 3.63) is 33.9 Å². The van der Waals surface area contributed by atoms with Crippen LogP contribution in [0.5, 0.6) is 0 Å². The Morgan fingerprint density at radius 1 is 1.38 bits per heavy atom. The number of benzene rings is 1. The minimum absolute atomic E-state index is 0. The number of hydrogen-bond donors (Lipinski definition) is 3. The maximum atomic E-state index is 13.3. The number of carbonyl (C=O) groups excluding carboxylic acids is 1. The van der Waals surface area contributed by atoms with Gasteiger partial charge in [0.15, 0.2) is 0 Å².